The zero-order chi connectivity index (χ0) is 21.6. The monoisotopic (exact) mass is 430 g/mol. The second-order valence-corrected chi connectivity index (χ2v) is 7.68. The van der Waals surface area contributed by atoms with Crippen molar-refractivity contribution in [2.24, 2.45) is 0 Å². The standard InChI is InChI=1S/C20H20F2N6O3/c1-30-18-13-8-20(21,22)17(25-13)7-16(18)31-19-24-9-14(26-27-19)12-3-2-11(6-15(12)29)28-5-4-23-10-28/h2-6,9-10,13,16-18,25,29H,7-8H2,1H3/t13?,16-,17?,18-/m0/s1. The van der Waals surface area contributed by atoms with E-state index in [4.69, 9.17) is 9.47 Å². The predicted octanol–water partition coefficient (Wildman–Crippen LogP) is 1.96. The molecule has 0 amide bonds. The van der Waals surface area contributed by atoms with Crippen molar-refractivity contribution in [3.05, 3.63) is 43.1 Å². The molecule has 0 aliphatic carbocycles. The van der Waals surface area contributed by atoms with Gasteiger partial charge in [0.05, 0.1) is 24.3 Å². The molecule has 11 heteroatoms. The third-order valence-electron chi connectivity index (χ3n) is 5.78. The van der Waals surface area contributed by atoms with Crippen LogP contribution >= 0.6 is 0 Å². The van der Waals surface area contributed by atoms with Gasteiger partial charge in [0.25, 0.3) is 5.92 Å². The molecule has 2 saturated heterocycles. The minimum absolute atomic E-state index is 0.00702. The number of fused-ring (bicyclic) bond motifs is 2. The number of imidazole rings is 1. The van der Waals surface area contributed by atoms with Crippen molar-refractivity contribution in [3.63, 3.8) is 0 Å². The van der Waals surface area contributed by atoms with Crippen LogP contribution in [0.1, 0.15) is 12.8 Å². The van der Waals surface area contributed by atoms with E-state index < -0.39 is 30.2 Å². The highest BCUT2D eigenvalue weighted by Gasteiger charge is 2.57. The van der Waals surface area contributed by atoms with Crippen LogP contribution in [0.15, 0.2) is 43.1 Å². The number of rotatable bonds is 5. The summed E-state index contributed by atoms with van der Waals surface area (Å²) in [6, 6.07) is 3.59. The van der Waals surface area contributed by atoms with E-state index >= 15 is 0 Å². The Morgan fingerprint density at radius 3 is 2.84 bits per heavy atom. The van der Waals surface area contributed by atoms with E-state index in [9.17, 15) is 13.9 Å². The second-order valence-electron chi connectivity index (χ2n) is 7.68. The SMILES string of the molecule is CO[C@H]1C2CC(F)(F)C(C[C@@H]1Oc1ncc(-c3ccc(-n4ccnc4)cc3O)nn1)N2. The number of phenols is 1. The first kappa shape index (κ1) is 19.8. The van der Waals surface area contributed by atoms with Gasteiger partial charge in [0.2, 0.25) is 0 Å². The number of aromatic hydroxyl groups is 1. The Hall–Kier alpha value is -3.18. The van der Waals surface area contributed by atoms with E-state index in [1.807, 2.05) is 0 Å². The van der Waals surface area contributed by atoms with Crippen molar-refractivity contribution in [2.45, 2.75) is 43.1 Å². The Morgan fingerprint density at radius 2 is 2.16 bits per heavy atom. The summed E-state index contributed by atoms with van der Waals surface area (Å²) in [6.45, 7) is 0. The number of hydrogen-bond acceptors (Lipinski definition) is 8. The smallest absolute Gasteiger partial charge is 0.336 e. The number of phenolic OH excluding ortho intramolecular Hbond substituents is 1. The zero-order valence-electron chi connectivity index (χ0n) is 16.5. The van der Waals surface area contributed by atoms with Gasteiger partial charge in [-0.05, 0) is 12.1 Å². The molecule has 4 atom stereocenters. The van der Waals surface area contributed by atoms with Crippen molar-refractivity contribution >= 4 is 0 Å². The number of methoxy groups -OCH3 is 1. The molecule has 2 unspecified atom stereocenters. The third-order valence-corrected chi connectivity index (χ3v) is 5.78. The Morgan fingerprint density at radius 1 is 1.29 bits per heavy atom. The Bertz CT molecular complexity index is 1060. The minimum Gasteiger partial charge on any atom is -0.507 e. The first-order valence-electron chi connectivity index (χ1n) is 9.79. The maximum absolute atomic E-state index is 14.1. The van der Waals surface area contributed by atoms with Crippen LogP contribution in [-0.2, 0) is 4.74 Å². The third kappa shape index (κ3) is 3.59. The van der Waals surface area contributed by atoms with Gasteiger partial charge in [-0.15, -0.1) is 5.10 Å². The number of benzene rings is 1. The molecular formula is C20H20F2N6O3. The number of alkyl halides is 2. The van der Waals surface area contributed by atoms with Gasteiger partial charge in [0, 0.05) is 50.0 Å². The first-order chi connectivity index (χ1) is 14.9. The van der Waals surface area contributed by atoms with Gasteiger partial charge < -0.3 is 24.5 Å². The molecule has 0 radical (unpaired) electrons. The van der Waals surface area contributed by atoms with Crippen LogP contribution in [0.3, 0.4) is 0 Å². The highest BCUT2D eigenvalue weighted by molar-refractivity contribution is 5.67. The Kier molecular flexibility index (Phi) is 4.78. The quantitative estimate of drug-likeness (QED) is 0.633. The van der Waals surface area contributed by atoms with Crippen molar-refractivity contribution < 1.29 is 23.4 Å². The second kappa shape index (κ2) is 7.50. The summed E-state index contributed by atoms with van der Waals surface area (Å²) in [7, 11) is 1.47. The lowest BCUT2D eigenvalue weighted by Crippen LogP contribution is -2.55. The van der Waals surface area contributed by atoms with Gasteiger partial charge in [-0.2, -0.15) is 0 Å². The van der Waals surface area contributed by atoms with Crippen molar-refractivity contribution in [1.29, 1.82) is 0 Å². The van der Waals surface area contributed by atoms with Crippen LogP contribution in [-0.4, -0.2) is 67.2 Å². The molecule has 162 valence electrons. The maximum Gasteiger partial charge on any atom is 0.336 e. The van der Waals surface area contributed by atoms with Gasteiger partial charge in [-0.1, -0.05) is 5.10 Å². The molecule has 2 aliphatic rings. The molecule has 1 aromatic carbocycles. The topological polar surface area (TPSA) is 107 Å². The summed E-state index contributed by atoms with van der Waals surface area (Å²) >= 11 is 0. The van der Waals surface area contributed by atoms with Crippen molar-refractivity contribution in [3.8, 4) is 28.7 Å². The molecule has 0 spiro atoms. The molecule has 2 bridgehead atoms. The molecule has 4 heterocycles. The molecule has 2 aliphatic heterocycles. The highest BCUT2D eigenvalue weighted by Crippen LogP contribution is 2.41. The lowest BCUT2D eigenvalue weighted by atomic mass is 9.99. The van der Waals surface area contributed by atoms with E-state index in [1.165, 1.54) is 13.3 Å². The number of aromatic nitrogens is 5. The molecule has 2 N–H and O–H groups in total. The summed E-state index contributed by atoms with van der Waals surface area (Å²) < 4.78 is 41.1. The number of halogens is 2. The average molecular weight is 430 g/mol. The Labute approximate surface area is 176 Å². The van der Waals surface area contributed by atoms with Crippen LogP contribution in [0.25, 0.3) is 16.9 Å². The number of nitrogens with zero attached hydrogens (tertiary/aromatic N) is 5. The molecule has 5 rings (SSSR count). The largest absolute Gasteiger partial charge is 0.507 e. The molecule has 9 nitrogen and oxygen atoms in total. The summed E-state index contributed by atoms with van der Waals surface area (Å²) in [4.78, 5) is 8.13. The minimum atomic E-state index is -2.80. The lowest BCUT2D eigenvalue weighted by molar-refractivity contribution is -0.0506. The van der Waals surface area contributed by atoms with E-state index in [2.05, 4.69) is 25.5 Å². The van der Waals surface area contributed by atoms with Crippen LogP contribution in [0, 0.1) is 0 Å². The van der Waals surface area contributed by atoms with Gasteiger partial charge in [0.15, 0.2) is 0 Å². The van der Waals surface area contributed by atoms with Gasteiger partial charge in [-0.25, -0.2) is 18.7 Å². The maximum atomic E-state index is 14.1. The number of ether oxygens (including phenoxy) is 2. The summed E-state index contributed by atoms with van der Waals surface area (Å²) in [5.41, 5.74) is 1.54. The van der Waals surface area contributed by atoms with Crippen LogP contribution < -0.4 is 10.1 Å². The summed E-state index contributed by atoms with van der Waals surface area (Å²) in [6.07, 6.45) is 5.06. The van der Waals surface area contributed by atoms with Crippen LogP contribution in [0.4, 0.5) is 8.78 Å². The highest BCUT2D eigenvalue weighted by atomic mass is 19.3. The van der Waals surface area contributed by atoms with E-state index in [-0.39, 0.29) is 24.6 Å². The molecule has 0 saturated carbocycles. The normalized spacial score (nSPS) is 26.7. The van der Waals surface area contributed by atoms with E-state index in [1.54, 1.807) is 41.5 Å². The van der Waals surface area contributed by atoms with E-state index in [0.29, 0.717) is 11.3 Å². The molecule has 2 fully saturated rings. The Balaban J connectivity index is 1.33. The van der Waals surface area contributed by atoms with Crippen molar-refractivity contribution in [2.75, 3.05) is 7.11 Å². The molecular weight excluding hydrogens is 410 g/mol. The molecule has 31 heavy (non-hydrogen) atoms. The van der Waals surface area contributed by atoms with Crippen LogP contribution in [0.2, 0.25) is 0 Å². The average Bonchev–Trinajstić information content (AvgIpc) is 3.36. The fourth-order valence-corrected chi connectivity index (χ4v) is 4.27. The summed E-state index contributed by atoms with van der Waals surface area (Å²) in [5.74, 6) is -2.80. The van der Waals surface area contributed by atoms with Gasteiger partial charge in [0.1, 0.15) is 23.7 Å². The van der Waals surface area contributed by atoms with Gasteiger partial charge in [-0.3, -0.25) is 0 Å². The molecule has 3 aromatic rings. The number of piperidine rings is 1. The fourth-order valence-electron chi connectivity index (χ4n) is 4.27. The van der Waals surface area contributed by atoms with Crippen molar-refractivity contribution in [1.82, 2.24) is 30.0 Å². The zero-order valence-corrected chi connectivity index (χ0v) is 16.5. The fraction of sp³-hybridized carbons (Fsp3) is 0.400. The predicted molar refractivity (Wildman–Crippen MR) is 104 cm³/mol. The number of nitrogens with one attached hydrogen (secondary N) is 1. The van der Waals surface area contributed by atoms with E-state index in [0.717, 1.165) is 5.69 Å². The van der Waals surface area contributed by atoms with Crippen LogP contribution in [0.5, 0.6) is 11.8 Å². The van der Waals surface area contributed by atoms with Gasteiger partial charge >= 0.3 is 6.01 Å². The number of hydrogen-bond donors (Lipinski definition) is 2. The first-order valence-corrected chi connectivity index (χ1v) is 9.79. The lowest BCUT2D eigenvalue weighted by Gasteiger charge is -2.35. The summed E-state index contributed by atoms with van der Waals surface area (Å²) in [5, 5.41) is 21.3. The molecule has 2 aromatic heterocycles.